The van der Waals surface area contributed by atoms with Crippen molar-refractivity contribution in [3.8, 4) is 16.9 Å². The van der Waals surface area contributed by atoms with Crippen LogP contribution in [0.2, 0.25) is 0 Å². The number of carboxylic acids is 1. The number of benzene rings is 3. The molecule has 0 unspecified atom stereocenters. The molecule has 0 bridgehead atoms. The lowest BCUT2D eigenvalue weighted by Gasteiger charge is -2.01. The lowest BCUT2D eigenvalue weighted by Crippen LogP contribution is -2.18. The van der Waals surface area contributed by atoms with Crippen molar-refractivity contribution in [1.82, 2.24) is 15.2 Å². The molecule has 0 aliphatic rings. The zero-order valence-corrected chi connectivity index (χ0v) is 16.3. The third kappa shape index (κ3) is 4.56. The number of aromatic carboxylic acids is 1. The number of carbonyl (C=O) groups excluding carboxylic acids is 1. The molecule has 0 fully saturated rings. The number of rotatable bonds is 6. The molecule has 0 atom stereocenters. The topological polar surface area (TPSA) is 96.6 Å². The van der Waals surface area contributed by atoms with Crippen LogP contribution in [0.1, 0.15) is 26.3 Å². The summed E-state index contributed by atoms with van der Waals surface area (Å²) in [5.74, 6) is -1.40. The maximum atomic E-state index is 12.9. The Labute approximate surface area is 178 Å². The van der Waals surface area contributed by atoms with Crippen molar-refractivity contribution >= 4 is 18.1 Å². The van der Waals surface area contributed by atoms with Crippen molar-refractivity contribution in [2.45, 2.75) is 0 Å². The molecule has 7 heteroatoms. The van der Waals surface area contributed by atoms with E-state index >= 15 is 0 Å². The number of amides is 1. The van der Waals surface area contributed by atoms with Crippen LogP contribution in [0.3, 0.4) is 0 Å². The SMILES string of the molecule is O=C(O)c1ccc(/C=N\NC(=O)c2cn(-c3ccccc3)nc2-c2ccccc2)cc1. The van der Waals surface area contributed by atoms with Crippen molar-refractivity contribution in [3.05, 3.63) is 108 Å². The summed E-state index contributed by atoms with van der Waals surface area (Å²) < 4.78 is 1.66. The van der Waals surface area contributed by atoms with Crippen LogP contribution >= 0.6 is 0 Å². The molecule has 4 rings (SSSR count). The molecule has 2 N–H and O–H groups in total. The average Bonchev–Trinajstić information content (AvgIpc) is 3.26. The van der Waals surface area contributed by atoms with Crippen molar-refractivity contribution < 1.29 is 14.7 Å². The molecular weight excluding hydrogens is 392 g/mol. The highest BCUT2D eigenvalue weighted by Crippen LogP contribution is 2.23. The van der Waals surface area contributed by atoms with Gasteiger partial charge in [0, 0.05) is 11.8 Å². The molecule has 7 nitrogen and oxygen atoms in total. The van der Waals surface area contributed by atoms with E-state index in [-0.39, 0.29) is 5.56 Å². The van der Waals surface area contributed by atoms with Gasteiger partial charge in [0.2, 0.25) is 0 Å². The van der Waals surface area contributed by atoms with E-state index in [2.05, 4.69) is 15.6 Å². The van der Waals surface area contributed by atoms with E-state index < -0.39 is 11.9 Å². The number of hydrazone groups is 1. The van der Waals surface area contributed by atoms with Crippen molar-refractivity contribution in [2.24, 2.45) is 5.10 Å². The maximum Gasteiger partial charge on any atom is 0.335 e. The van der Waals surface area contributed by atoms with E-state index in [0.29, 0.717) is 16.8 Å². The van der Waals surface area contributed by atoms with Gasteiger partial charge in [-0.3, -0.25) is 4.79 Å². The Morgan fingerprint density at radius 3 is 2.19 bits per heavy atom. The first-order chi connectivity index (χ1) is 15.1. The van der Waals surface area contributed by atoms with Crippen LogP contribution in [-0.2, 0) is 0 Å². The number of hydrogen-bond acceptors (Lipinski definition) is 4. The summed E-state index contributed by atoms with van der Waals surface area (Å²) in [6, 6.07) is 25.2. The monoisotopic (exact) mass is 410 g/mol. The lowest BCUT2D eigenvalue weighted by atomic mass is 10.1. The zero-order chi connectivity index (χ0) is 21.6. The molecule has 31 heavy (non-hydrogen) atoms. The number of para-hydroxylation sites is 1. The molecule has 0 radical (unpaired) electrons. The fourth-order valence-electron chi connectivity index (χ4n) is 3.00. The quantitative estimate of drug-likeness (QED) is 0.371. The van der Waals surface area contributed by atoms with Gasteiger partial charge < -0.3 is 5.11 Å². The number of carbonyl (C=O) groups is 2. The van der Waals surface area contributed by atoms with E-state index in [0.717, 1.165) is 11.3 Å². The number of aromatic nitrogens is 2. The van der Waals surface area contributed by atoms with Crippen molar-refractivity contribution in [2.75, 3.05) is 0 Å². The normalized spacial score (nSPS) is 10.8. The first-order valence-electron chi connectivity index (χ1n) is 9.49. The first kappa shape index (κ1) is 19.8. The van der Waals surface area contributed by atoms with Crippen LogP contribution in [0.4, 0.5) is 0 Å². The minimum Gasteiger partial charge on any atom is -0.478 e. The highest BCUT2D eigenvalue weighted by atomic mass is 16.4. The summed E-state index contributed by atoms with van der Waals surface area (Å²) in [4.78, 5) is 23.8. The largest absolute Gasteiger partial charge is 0.478 e. The van der Waals surface area contributed by atoms with Crippen LogP contribution in [0.15, 0.2) is 96.2 Å². The van der Waals surface area contributed by atoms with Gasteiger partial charge in [-0.1, -0.05) is 60.7 Å². The molecule has 0 saturated heterocycles. The molecule has 0 saturated carbocycles. The Bertz CT molecular complexity index is 1230. The molecule has 3 aromatic carbocycles. The maximum absolute atomic E-state index is 12.9. The summed E-state index contributed by atoms with van der Waals surface area (Å²) in [7, 11) is 0. The summed E-state index contributed by atoms with van der Waals surface area (Å²) in [5, 5.41) is 17.6. The summed E-state index contributed by atoms with van der Waals surface area (Å²) in [6.45, 7) is 0. The Balaban J connectivity index is 1.59. The minimum absolute atomic E-state index is 0.182. The highest BCUT2D eigenvalue weighted by molar-refractivity contribution is 6.00. The molecule has 1 aromatic heterocycles. The third-order valence-electron chi connectivity index (χ3n) is 4.56. The average molecular weight is 410 g/mol. The van der Waals surface area contributed by atoms with Gasteiger partial charge in [0.15, 0.2) is 0 Å². The Morgan fingerprint density at radius 2 is 1.55 bits per heavy atom. The molecule has 4 aromatic rings. The van der Waals surface area contributed by atoms with Crippen LogP contribution < -0.4 is 5.43 Å². The van der Waals surface area contributed by atoms with Gasteiger partial charge in [-0.25, -0.2) is 14.9 Å². The third-order valence-corrected chi connectivity index (χ3v) is 4.56. The Kier molecular flexibility index (Phi) is 5.66. The van der Waals surface area contributed by atoms with Gasteiger partial charge in [-0.2, -0.15) is 10.2 Å². The van der Waals surface area contributed by atoms with Crippen LogP contribution in [-0.4, -0.2) is 33.0 Å². The van der Waals surface area contributed by atoms with Gasteiger partial charge >= 0.3 is 5.97 Å². The molecule has 0 aliphatic carbocycles. The first-order valence-corrected chi connectivity index (χ1v) is 9.49. The van der Waals surface area contributed by atoms with Crippen molar-refractivity contribution in [1.29, 1.82) is 0 Å². The number of nitrogens with one attached hydrogen (secondary N) is 1. The number of nitrogens with zero attached hydrogens (tertiary/aromatic N) is 3. The predicted molar refractivity (Wildman–Crippen MR) is 117 cm³/mol. The smallest absolute Gasteiger partial charge is 0.335 e. The van der Waals surface area contributed by atoms with E-state index in [9.17, 15) is 9.59 Å². The fourth-order valence-corrected chi connectivity index (χ4v) is 3.00. The van der Waals surface area contributed by atoms with Gasteiger partial charge in [-0.05, 0) is 29.8 Å². The number of carboxylic acid groups (broad SMARTS) is 1. The summed E-state index contributed by atoms with van der Waals surface area (Å²) in [6.07, 6.45) is 3.12. The number of hydrogen-bond donors (Lipinski definition) is 2. The summed E-state index contributed by atoms with van der Waals surface area (Å²) in [5.41, 5.74) is 5.94. The highest BCUT2D eigenvalue weighted by Gasteiger charge is 2.18. The summed E-state index contributed by atoms with van der Waals surface area (Å²) >= 11 is 0. The van der Waals surface area contributed by atoms with Gasteiger partial charge in [0.1, 0.15) is 5.69 Å². The predicted octanol–water partition coefficient (Wildman–Crippen LogP) is 4.00. The van der Waals surface area contributed by atoms with Gasteiger partial charge in [0.25, 0.3) is 5.91 Å². The van der Waals surface area contributed by atoms with E-state index in [1.54, 1.807) is 23.0 Å². The van der Waals surface area contributed by atoms with Crippen molar-refractivity contribution in [3.63, 3.8) is 0 Å². The van der Waals surface area contributed by atoms with Gasteiger partial charge in [-0.15, -0.1) is 0 Å². The Morgan fingerprint density at radius 1 is 0.903 bits per heavy atom. The molecule has 1 amide bonds. The zero-order valence-electron chi connectivity index (χ0n) is 16.3. The Hall–Kier alpha value is -4.52. The van der Waals surface area contributed by atoms with E-state index in [1.807, 2.05) is 60.7 Å². The molecule has 0 aliphatic heterocycles. The lowest BCUT2D eigenvalue weighted by molar-refractivity contribution is 0.0696. The molecule has 1 heterocycles. The standard InChI is InChI=1S/C24H18N4O3/c29-23(26-25-15-17-11-13-19(14-12-17)24(30)31)21-16-28(20-9-5-2-6-10-20)27-22(21)18-7-3-1-4-8-18/h1-16H,(H,26,29)(H,30,31)/b25-15-. The van der Waals surface area contributed by atoms with Crippen LogP contribution in [0.5, 0.6) is 0 Å². The van der Waals surface area contributed by atoms with E-state index in [4.69, 9.17) is 5.11 Å². The second-order valence-corrected chi connectivity index (χ2v) is 6.66. The second-order valence-electron chi connectivity index (χ2n) is 6.66. The van der Waals surface area contributed by atoms with E-state index in [1.165, 1.54) is 18.3 Å². The fraction of sp³-hybridized carbons (Fsp3) is 0. The minimum atomic E-state index is -0.999. The van der Waals surface area contributed by atoms with Gasteiger partial charge in [0.05, 0.1) is 23.0 Å². The second kappa shape index (κ2) is 8.87. The molecule has 152 valence electrons. The van der Waals surface area contributed by atoms with Crippen LogP contribution in [0, 0.1) is 0 Å². The molecule has 0 spiro atoms. The molecular formula is C24H18N4O3. The van der Waals surface area contributed by atoms with Crippen LogP contribution in [0.25, 0.3) is 16.9 Å².